The van der Waals surface area contributed by atoms with E-state index >= 15 is 0 Å². The molecule has 0 aliphatic heterocycles. The number of carbonyl (C=O) groups excluding carboxylic acids is 2. The molecule has 4 aromatic rings. The molecule has 5 heteroatoms. The van der Waals surface area contributed by atoms with Crippen LogP contribution in [0.5, 0.6) is 0 Å². The van der Waals surface area contributed by atoms with Gasteiger partial charge in [0.25, 0.3) is 0 Å². The smallest absolute Gasteiger partial charge is 0.338 e. The van der Waals surface area contributed by atoms with Crippen LogP contribution >= 0.6 is 0 Å². The van der Waals surface area contributed by atoms with Crippen LogP contribution in [0.1, 0.15) is 70.6 Å². The lowest BCUT2D eigenvalue weighted by molar-refractivity contribution is 0.0526. The molecule has 2 aromatic heterocycles. The van der Waals surface area contributed by atoms with Crippen molar-refractivity contribution in [1.82, 2.24) is 9.55 Å². The summed E-state index contributed by atoms with van der Waals surface area (Å²) in [6.07, 6.45) is 4.58. The van der Waals surface area contributed by atoms with Crippen LogP contribution in [0.4, 0.5) is 0 Å². The number of fused-ring (bicyclic) bond motifs is 1. The molecule has 0 amide bonds. The first-order chi connectivity index (χ1) is 16.5. The van der Waals surface area contributed by atoms with Gasteiger partial charge in [-0.05, 0) is 48.6 Å². The molecule has 0 unspecified atom stereocenters. The summed E-state index contributed by atoms with van der Waals surface area (Å²) >= 11 is 0. The Morgan fingerprint density at radius 1 is 1.00 bits per heavy atom. The standard InChI is InChI=1S/C29H30N2O3/c1-4-34-29(33)23-13-14-24-25(17-23)31(19-22-9-6-5-7-10-22)28(20(2)3)27(24)26(32)15-12-21-11-8-16-30-18-21/h5-11,13-14,16-18,20H,4,12,15,19H2,1-3H3. The molecule has 0 spiro atoms. The molecule has 2 heterocycles. The van der Waals surface area contributed by atoms with Crippen molar-refractivity contribution in [1.29, 1.82) is 0 Å². The number of carbonyl (C=O) groups is 2. The molecule has 0 bridgehead atoms. The zero-order valence-electron chi connectivity index (χ0n) is 20.0. The molecule has 5 nitrogen and oxygen atoms in total. The number of ketones is 1. The summed E-state index contributed by atoms with van der Waals surface area (Å²) in [5.74, 6) is -0.125. The first-order valence-corrected chi connectivity index (χ1v) is 11.8. The third-order valence-electron chi connectivity index (χ3n) is 5.99. The number of benzene rings is 2. The van der Waals surface area contributed by atoms with Gasteiger partial charge in [0.05, 0.1) is 17.7 Å². The maximum atomic E-state index is 13.6. The zero-order chi connectivity index (χ0) is 24.1. The van der Waals surface area contributed by atoms with Crippen molar-refractivity contribution in [3.05, 3.63) is 101 Å². The summed E-state index contributed by atoms with van der Waals surface area (Å²) in [5.41, 5.74) is 5.29. The van der Waals surface area contributed by atoms with Gasteiger partial charge in [-0.3, -0.25) is 9.78 Å². The van der Waals surface area contributed by atoms with Crippen LogP contribution in [0.15, 0.2) is 73.1 Å². The minimum absolute atomic E-state index is 0.105. The lowest BCUT2D eigenvalue weighted by Gasteiger charge is -2.15. The molecule has 0 saturated heterocycles. The van der Waals surface area contributed by atoms with Crippen LogP contribution in [-0.2, 0) is 17.7 Å². The van der Waals surface area contributed by atoms with Gasteiger partial charge < -0.3 is 9.30 Å². The van der Waals surface area contributed by atoms with Crippen molar-refractivity contribution in [2.75, 3.05) is 6.61 Å². The van der Waals surface area contributed by atoms with E-state index in [1.165, 1.54) is 0 Å². The Labute approximate surface area is 200 Å². The average molecular weight is 455 g/mol. The number of aryl methyl sites for hydroxylation is 1. The zero-order valence-corrected chi connectivity index (χ0v) is 20.0. The lowest BCUT2D eigenvalue weighted by atomic mass is 9.96. The first-order valence-electron chi connectivity index (χ1n) is 11.8. The maximum Gasteiger partial charge on any atom is 0.338 e. The minimum atomic E-state index is -0.354. The quantitative estimate of drug-likeness (QED) is 0.223. The molecule has 0 aliphatic rings. The third-order valence-corrected chi connectivity index (χ3v) is 5.99. The maximum absolute atomic E-state index is 13.6. The molecular weight excluding hydrogens is 424 g/mol. The molecule has 0 atom stereocenters. The van der Waals surface area contributed by atoms with E-state index < -0.39 is 0 Å². The number of ether oxygens (including phenoxy) is 1. The highest BCUT2D eigenvalue weighted by molar-refractivity contribution is 6.11. The molecule has 34 heavy (non-hydrogen) atoms. The van der Waals surface area contributed by atoms with Gasteiger partial charge in [0, 0.05) is 42.0 Å². The second-order valence-corrected chi connectivity index (χ2v) is 8.72. The van der Waals surface area contributed by atoms with Gasteiger partial charge in [-0.25, -0.2) is 4.79 Å². The first kappa shape index (κ1) is 23.4. The number of rotatable bonds is 9. The number of nitrogens with zero attached hydrogens (tertiary/aromatic N) is 2. The summed E-state index contributed by atoms with van der Waals surface area (Å²) < 4.78 is 7.42. The highest BCUT2D eigenvalue weighted by Crippen LogP contribution is 2.34. The second-order valence-electron chi connectivity index (χ2n) is 8.72. The fraction of sp³-hybridized carbons (Fsp3) is 0.276. The fourth-order valence-electron chi connectivity index (χ4n) is 4.47. The van der Waals surface area contributed by atoms with Crippen LogP contribution in [0, 0.1) is 0 Å². The Kier molecular flexibility index (Phi) is 7.21. The lowest BCUT2D eigenvalue weighted by Crippen LogP contribution is -2.11. The number of esters is 1. The molecule has 0 fully saturated rings. The van der Waals surface area contributed by atoms with E-state index in [-0.39, 0.29) is 17.7 Å². The van der Waals surface area contributed by atoms with E-state index in [0.29, 0.717) is 31.6 Å². The van der Waals surface area contributed by atoms with Crippen molar-refractivity contribution in [2.45, 2.75) is 46.1 Å². The fourth-order valence-corrected chi connectivity index (χ4v) is 4.47. The largest absolute Gasteiger partial charge is 0.462 e. The van der Waals surface area contributed by atoms with Crippen molar-refractivity contribution < 1.29 is 14.3 Å². The highest BCUT2D eigenvalue weighted by Gasteiger charge is 2.25. The van der Waals surface area contributed by atoms with Gasteiger partial charge in [-0.15, -0.1) is 0 Å². The van der Waals surface area contributed by atoms with Gasteiger partial charge in [0.2, 0.25) is 0 Å². The van der Waals surface area contributed by atoms with Gasteiger partial charge in [-0.1, -0.05) is 56.3 Å². The number of aromatic nitrogens is 2. The number of hydrogen-bond donors (Lipinski definition) is 0. The third kappa shape index (κ3) is 4.93. The summed E-state index contributed by atoms with van der Waals surface area (Å²) in [6, 6.07) is 19.6. The summed E-state index contributed by atoms with van der Waals surface area (Å²) in [6.45, 7) is 6.95. The Balaban J connectivity index is 1.83. The van der Waals surface area contributed by atoms with Gasteiger partial charge in [0.15, 0.2) is 5.78 Å². The topological polar surface area (TPSA) is 61.2 Å². The molecule has 2 aromatic carbocycles. The molecular formula is C29H30N2O3. The minimum Gasteiger partial charge on any atom is -0.462 e. The van der Waals surface area contributed by atoms with Crippen LogP contribution in [-0.4, -0.2) is 27.9 Å². The Hall–Kier alpha value is -3.73. The van der Waals surface area contributed by atoms with E-state index in [1.807, 2.05) is 42.5 Å². The van der Waals surface area contributed by atoms with Crippen LogP contribution < -0.4 is 0 Å². The van der Waals surface area contributed by atoms with E-state index in [9.17, 15) is 9.59 Å². The Bertz CT molecular complexity index is 1290. The van der Waals surface area contributed by atoms with E-state index in [4.69, 9.17) is 4.74 Å². The van der Waals surface area contributed by atoms with E-state index in [2.05, 4.69) is 35.5 Å². The summed E-state index contributed by atoms with van der Waals surface area (Å²) in [4.78, 5) is 30.3. The number of hydrogen-bond acceptors (Lipinski definition) is 4. The monoisotopic (exact) mass is 454 g/mol. The molecule has 174 valence electrons. The molecule has 0 radical (unpaired) electrons. The van der Waals surface area contributed by atoms with E-state index in [0.717, 1.165) is 33.3 Å². The predicted octanol–water partition coefficient (Wildman–Crippen LogP) is 6.20. The number of Topliss-reactive ketones (excluding diaryl/α,β-unsaturated/α-hetero) is 1. The van der Waals surface area contributed by atoms with Crippen molar-refractivity contribution >= 4 is 22.7 Å². The highest BCUT2D eigenvalue weighted by atomic mass is 16.5. The van der Waals surface area contributed by atoms with Crippen molar-refractivity contribution in [3.8, 4) is 0 Å². The summed E-state index contributed by atoms with van der Waals surface area (Å²) in [7, 11) is 0. The van der Waals surface area contributed by atoms with Crippen LogP contribution in [0.25, 0.3) is 10.9 Å². The van der Waals surface area contributed by atoms with Gasteiger partial charge in [0.1, 0.15) is 0 Å². The Morgan fingerprint density at radius 2 is 1.76 bits per heavy atom. The normalized spacial score (nSPS) is 11.2. The van der Waals surface area contributed by atoms with Crippen molar-refractivity contribution in [3.63, 3.8) is 0 Å². The average Bonchev–Trinajstić information content (AvgIpc) is 3.17. The van der Waals surface area contributed by atoms with Crippen LogP contribution in [0.3, 0.4) is 0 Å². The van der Waals surface area contributed by atoms with Crippen LogP contribution in [0.2, 0.25) is 0 Å². The van der Waals surface area contributed by atoms with Gasteiger partial charge >= 0.3 is 5.97 Å². The molecule has 0 aliphatic carbocycles. The number of pyridine rings is 1. The molecule has 0 N–H and O–H groups in total. The van der Waals surface area contributed by atoms with E-state index in [1.54, 1.807) is 25.4 Å². The summed E-state index contributed by atoms with van der Waals surface area (Å²) in [5, 5.41) is 0.879. The molecule has 0 saturated carbocycles. The van der Waals surface area contributed by atoms with Gasteiger partial charge in [-0.2, -0.15) is 0 Å². The SMILES string of the molecule is CCOC(=O)c1ccc2c(C(=O)CCc3cccnc3)c(C(C)C)n(Cc3ccccc3)c2c1. The van der Waals surface area contributed by atoms with Crippen molar-refractivity contribution in [2.24, 2.45) is 0 Å². The molecule has 4 rings (SSSR count). The predicted molar refractivity (Wildman–Crippen MR) is 134 cm³/mol. The second kappa shape index (κ2) is 10.5. The Morgan fingerprint density at radius 3 is 2.44 bits per heavy atom.